The Morgan fingerprint density at radius 2 is 2.06 bits per heavy atom. The number of ether oxygens (including phenoxy) is 1. The summed E-state index contributed by atoms with van der Waals surface area (Å²) in [5, 5.41) is 19.6. The van der Waals surface area contributed by atoms with Crippen molar-refractivity contribution in [1.82, 2.24) is 19.5 Å². The first kappa shape index (κ1) is 11.3. The van der Waals surface area contributed by atoms with E-state index in [4.69, 9.17) is 10.5 Å². The lowest BCUT2D eigenvalue weighted by atomic mass is 10.1. The zero-order chi connectivity index (χ0) is 12.9. The van der Waals surface area contributed by atoms with Crippen molar-refractivity contribution in [2.75, 3.05) is 5.73 Å². The van der Waals surface area contributed by atoms with Crippen LogP contribution in [-0.4, -0.2) is 48.0 Å². The minimum Gasteiger partial charge on any atom is -0.388 e. The molecule has 4 N–H and O–H groups in total. The van der Waals surface area contributed by atoms with Gasteiger partial charge in [-0.25, -0.2) is 15.0 Å². The van der Waals surface area contributed by atoms with Gasteiger partial charge in [0.15, 0.2) is 17.7 Å². The fraction of sp³-hybridized carbons (Fsp3) is 0.500. The smallest absolute Gasteiger partial charge is 0.167 e. The summed E-state index contributed by atoms with van der Waals surface area (Å²) in [4.78, 5) is 12.0. The number of hydrogen-bond acceptors (Lipinski definition) is 7. The largest absolute Gasteiger partial charge is 0.388 e. The zero-order valence-corrected chi connectivity index (χ0v) is 9.63. The van der Waals surface area contributed by atoms with Crippen molar-refractivity contribution in [3.05, 3.63) is 12.7 Å². The van der Waals surface area contributed by atoms with Gasteiger partial charge in [0.2, 0.25) is 0 Å². The van der Waals surface area contributed by atoms with Gasteiger partial charge in [0.1, 0.15) is 24.1 Å². The molecule has 3 rings (SSSR count). The first-order valence-electron chi connectivity index (χ1n) is 5.54. The highest BCUT2D eigenvalue weighted by atomic mass is 16.6. The maximum Gasteiger partial charge on any atom is 0.167 e. The molecule has 0 saturated carbocycles. The molecule has 3 heterocycles. The van der Waals surface area contributed by atoms with Crippen molar-refractivity contribution in [2.24, 2.45) is 0 Å². The van der Waals surface area contributed by atoms with Gasteiger partial charge < -0.3 is 20.7 Å². The van der Waals surface area contributed by atoms with Crippen molar-refractivity contribution in [2.45, 2.75) is 31.5 Å². The number of nitrogens with zero attached hydrogens (tertiary/aromatic N) is 4. The molecule has 0 unspecified atom stereocenters. The van der Waals surface area contributed by atoms with E-state index in [2.05, 4.69) is 15.0 Å². The fourth-order valence-electron chi connectivity index (χ4n) is 2.11. The molecule has 2 aromatic heterocycles. The molecule has 18 heavy (non-hydrogen) atoms. The van der Waals surface area contributed by atoms with E-state index in [0.29, 0.717) is 11.2 Å². The van der Waals surface area contributed by atoms with Gasteiger partial charge in [0, 0.05) is 0 Å². The average molecular weight is 251 g/mol. The molecular weight excluding hydrogens is 238 g/mol. The van der Waals surface area contributed by atoms with Crippen LogP contribution in [0.25, 0.3) is 11.2 Å². The average Bonchev–Trinajstić information content (AvgIpc) is 2.88. The van der Waals surface area contributed by atoms with Crippen LogP contribution in [0.4, 0.5) is 5.82 Å². The lowest BCUT2D eigenvalue weighted by molar-refractivity contribution is -0.0299. The van der Waals surface area contributed by atoms with E-state index in [1.807, 2.05) is 0 Å². The standard InChI is InChI=1S/C10H13N5O3/c1-4-6(16)7(17)10(18-4)15-3-14-5-8(11)12-2-13-9(5)15/h2-4,6-7,10,16-17H,1H3,(H2,11,12,13)/t4-,6+,7-,10-/m0/s1. The van der Waals surface area contributed by atoms with Crippen molar-refractivity contribution in [1.29, 1.82) is 0 Å². The highest BCUT2D eigenvalue weighted by Gasteiger charge is 2.41. The van der Waals surface area contributed by atoms with E-state index < -0.39 is 24.5 Å². The van der Waals surface area contributed by atoms with Gasteiger partial charge in [-0.1, -0.05) is 0 Å². The van der Waals surface area contributed by atoms with E-state index in [1.165, 1.54) is 12.7 Å². The van der Waals surface area contributed by atoms with Crippen LogP contribution in [-0.2, 0) is 4.74 Å². The Balaban J connectivity index is 2.08. The second-order valence-corrected chi connectivity index (χ2v) is 4.30. The van der Waals surface area contributed by atoms with Gasteiger partial charge in [-0.15, -0.1) is 0 Å². The van der Waals surface area contributed by atoms with E-state index in [-0.39, 0.29) is 5.82 Å². The first-order chi connectivity index (χ1) is 8.59. The Bertz CT molecular complexity index is 586. The van der Waals surface area contributed by atoms with Gasteiger partial charge >= 0.3 is 0 Å². The van der Waals surface area contributed by atoms with E-state index in [9.17, 15) is 10.2 Å². The number of nitrogens with two attached hydrogens (primary N) is 1. The predicted octanol–water partition coefficient (Wildman–Crippen LogP) is -0.952. The van der Waals surface area contributed by atoms with Gasteiger partial charge in [-0.05, 0) is 6.92 Å². The number of anilines is 1. The SMILES string of the molecule is C[C@@H]1O[C@H](n2cnc3c(N)ncnc32)[C@@H](O)[C@@H]1O. The molecule has 4 atom stereocenters. The van der Waals surface area contributed by atoms with Gasteiger partial charge in [-0.3, -0.25) is 4.57 Å². The van der Waals surface area contributed by atoms with Gasteiger partial charge in [0.05, 0.1) is 12.4 Å². The Morgan fingerprint density at radius 1 is 1.28 bits per heavy atom. The Hall–Kier alpha value is -1.77. The molecule has 8 nitrogen and oxygen atoms in total. The number of hydrogen-bond donors (Lipinski definition) is 3. The van der Waals surface area contributed by atoms with E-state index in [0.717, 1.165) is 0 Å². The molecule has 0 bridgehead atoms. The maximum absolute atomic E-state index is 9.93. The summed E-state index contributed by atoms with van der Waals surface area (Å²) in [5.41, 5.74) is 6.59. The molecule has 8 heteroatoms. The summed E-state index contributed by atoms with van der Waals surface area (Å²) in [5.74, 6) is 0.264. The van der Waals surface area contributed by atoms with Crippen molar-refractivity contribution in [3.8, 4) is 0 Å². The summed E-state index contributed by atoms with van der Waals surface area (Å²) >= 11 is 0. The summed E-state index contributed by atoms with van der Waals surface area (Å²) in [6.07, 6.45) is -0.373. The van der Waals surface area contributed by atoms with Crippen LogP contribution in [0.3, 0.4) is 0 Å². The molecule has 1 aliphatic heterocycles. The molecule has 0 spiro atoms. The van der Waals surface area contributed by atoms with Gasteiger partial charge in [-0.2, -0.15) is 0 Å². The highest BCUT2D eigenvalue weighted by Crippen LogP contribution is 2.31. The normalized spacial score (nSPS) is 32.2. The molecule has 96 valence electrons. The molecule has 0 aromatic carbocycles. The van der Waals surface area contributed by atoms with Crippen LogP contribution in [0.2, 0.25) is 0 Å². The first-order valence-corrected chi connectivity index (χ1v) is 5.54. The molecule has 1 saturated heterocycles. The predicted molar refractivity (Wildman–Crippen MR) is 61.3 cm³/mol. The van der Waals surface area contributed by atoms with Crippen LogP contribution in [0.1, 0.15) is 13.2 Å². The van der Waals surface area contributed by atoms with Crippen molar-refractivity contribution >= 4 is 17.0 Å². The number of nitrogen functional groups attached to an aromatic ring is 1. The van der Waals surface area contributed by atoms with E-state index in [1.54, 1.807) is 11.5 Å². The van der Waals surface area contributed by atoms with Crippen LogP contribution in [0, 0.1) is 0 Å². The molecular formula is C10H13N5O3. The van der Waals surface area contributed by atoms with Crippen molar-refractivity contribution in [3.63, 3.8) is 0 Å². The van der Waals surface area contributed by atoms with Gasteiger partial charge in [0.25, 0.3) is 0 Å². The van der Waals surface area contributed by atoms with Crippen LogP contribution in [0.5, 0.6) is 0 Å². The Labute approximate surface area is 102 Å². The second kappa shape index (κ2) is 3.87. The minimum absolute atomic E-state index is 0.264. The number of aliphatic hydroxyl groups is 2. The monoisotopic (exact) mass is 251 g/mol. The lowest BCUT2D eigenvalue weighted by Gasteiger charge is -2.16. The number of imidazole rings is 1. The Kier molecular flexibility index (Phi) is 2.44. The minimum atomic E-state index is -1.03. The van der Waals surface area contributed by atoms with Crippen LogP contribution in [0.15, 0.2) is 12.7 Å². The lowest BCUT2D eigenvalue weighted by Crippen LogP contribution is -2.30. The molecule has 2 aromatic rings. The maximum atomic E-state index is 9.93. The van der Waals surface area contributed by atoms with E-state index >= 15 is 0 Å². The quantitative estimate of drug-likeness (QED) is 0.597. The number of aliphatic hydroxyl groups excluding tert-OH is 2. The van der Waals surface area contributed by atoms with Crippen molar-refractivity contribution < 1.29 is 14.9 Å². The number of aromatic nitrogens is 4. The second-order valence-electron chi connectivity index (χ2n) is 4.30. The molecule has 1 fully saturated rings. The zero-order valence-electron chi connectivity index (χ0n) is 9.63. The fourth-order valence-corrected chi connectivity index (χ4v) is 2.11. The van der Waals surface area contributed by atoms with Crippen LogP contribution < -0.4 is 5.73 Å². The highest BCUT2D eigenvalue weighted by molar-refractivity contribution is 5.81. The summed E-state index contributed by atoms with van der Waals surface area (Å²) in [7, 11) is 0. The third kappa shape index (κ3) is 1.47. The topological polar surface area (TPSA) is 119 Å². The summed E-state index contributed by atoms with van der Waals surface area (Å²) in [6.45, 7) is 1.69. The molecule has 0 aliphatic carbocycles. The third-order valence-electron chi connectivity index (χ3n) is 3.14. The molecule has 1 aliphatic rings. The van der Waals surface area contributed by atoms with Crippen LogP contribution >= 0.6 is 0 Å². The molecule has 0 amide bonds. The summed E-state index contributed by atoms with van der Waals surface area (Å²) in [6, 6.07) is 0. The third-order valence-corrected chi connectivity index (χ3v) is 3.14. The summed E-state index contributed by atoms with van der Waals surface area (Å²) < 4.78 is 7.05. The molecule has 0 radical (unpaired) electrons. The Morgan fingerprint density at radius 3 is 2.72 bits per heavy atom. The number of fused-ring (bicyclic) bond motifs is 1. The number of rotatable bonds is 1.